The second-order valence-corrected chi connectivity index (χ2v) is 5.41. The van der Waals surface area contributed by atoms with Gasteiger partial charge < -0.3 is 14.5 Å². The number of rotatable bonds is 5. The van der Waals surface area contributed by atoms with Crippen LogP contribution in [0.4, 0.5) is 0 Å². The van der Waals surface area contributed by atoms with Gasteiger partial charge in [0.25, 0.3) is 0 Å². The summed E-state index contributed by atoms with van der Waals surface area (Å²) in [5.41, 5.74) is 0.718. The van der Waals surface area contributed by atoms with Gasteiger partial charge in [0, 0.05) is 11.8 Å². The van der Waals surface area contributed by atoms with Crippen LogP contribution < -0.4 is 10.1 Å². The number of nitrogens with one attached hydrogen (secondary N) is 1. The van der Waals surface area contributed by atoms with Crippen molar-refractivity contribution >= 4 is 16.9 Å². The zero-order valence-electron chi connectivity index (χ0n) is 12.4. The minimum absolute atomic E-state index is 0.0416. The van der Waals surface area contributed by atoms with Gasteiger partial charge in [-0.2, -0.15) is 0 Å². The first-order valence-electron chi connectivity index (χ1n) is 6.87. The van der Waals surface area contributed by atoms with E-state index in [1.807, 2.05) is 45.0 Å². The van der Waals surface area contributed by atoms with Crippen molar-refractivity contribution in [3.8, 4) is 5.75 Å². The number of hydrogen-bond donors (Lipinski definition) is 1. The maximum absolute atomic E-state index is 11.8. The molecule has 4 heteroatoms. The summed E-state index contributed by atoms with van der Waals surface area (Å²) in [6.45, 7) is 5.97. The van der Waals surface area contributed by atoms with Crippen LogP contribution in [-0.4, -0.2) is 13.0 Å². The van der Waals surface area contributed by atoms with Crippen molar-refractivity contribution in [1.29, 1.82) is 0 Å². The van der Waals surface area contributed by atoms with Crippen LogP contribution in [0.25, 0.3) is 11.0 Å². The number of amides is 1. The van der Waals surface area contributed by atoms with Crippen LogP contribution in [0.3, 0.4) is 0 Å². The Hall–Kier alpha value is -1.97. The third-order valence-corrected chi connectivity index (χ3v) is 3.14. The SMILES string of the molecule is COc1cccc2cc([C@H](C)NC(=O)CC(C)C)oc12. The lowest BCUT2D eigenvalue weighted by Crippen LogP contribution is -2.27. The highest BCUT2D eigenvalue weighted by Crippen LogP contribution is 2.30. The molecule has 0 bridgehead atoms. The second kappa shape index (κ2) is 5.99. The number of fused-ring (bicyclic) bond motifs is 1. The number of para-hydroxylation sites is 1. The van der Waals surface area contributed by atoms with Crippen molar-refractivity contribution in [3.63, 3.8) is 0 Å². The summed E-state index contributed by atoms with van der Waals surface area (Å²) in [4.78, 5) is 11.8. The van der Waals surface area contributed by atoms with Crippen LogP contribution in [0.5, 0.6) is 5.75 Å². The van der Waals surface area contributed by atoms with Crippen LogP contribution in [0.2, 0.25) is 0 Å². The maximum atomic E-state index is 11.8. The van der Waals surface area contributed by atoms with Crippen molar-refractivity contribution < 1.29 is 13.9 Å². The molecule has 2 aromatic rings. The maximum Gasteiger partial charge on any atom is 0.220 e. The lowest BCUT2D eigenvalue weighted by atomic mass is 10.1. The molecular formula is C16H21NO3. The van der Waals surface area contributed by atoms with Crippen molar-refractivity contribution in [3.05, 3.63) is 30.0 Å². The predicted molar refractivity (Wildman–Crippen MR) is 78.8 cm³/mol. The van der Waals surface area contributed by atoms with Crippen molar-refractivity contribution in [2.24, 2.45) is 5.92 Å². The van der Waals surface area contributed by atoms with E-state index in [-0.39, 0.29) is 11.9 Å². The van der Waals surface area contributed by atoms with E-state index >= 15 is 0 Å². The Kier molecular flexibility index (Phi) is 4.32. The second-order valence-electron chi connectivity index (χ2n) is 5.41. The molecule has 0 aliphatic carbocycles. The molecule has 0 saturated carbocycles. The lowest BCUT2D eigenvalue weighted by molar-refractivity contribution is -0.122. The van der Waals surface area contributed by atoms with Gasteiger partial charge in [-0.25, -0.2) is 0 Å². The molecule has 0 aliphatic rings. The molecule has 4 nitrogen and oxygen atoms in total. The molecule has 0 radical (unpaired) electrons. The fraction of sp³-hybridized carbons (Fsp3) is 0.438. The molecule has 0 fully saturated rings. The van der Waals surface area contributed by atoms with Crippen LogP contribution in [0, 0.1) is 5.92 Å². The van der Waals surface area contributed by atoms with E-state index in [0.717, 1.165) is 16.7 Å². The average Bonchev–Trinajstić information content (AvgIpc) is 2.81. The minimum Gasteiger partial charge on any atom is -0.493 e. The average molecular weight is 275 g/mol. The molecule has 0 aliphatic heterocycles. The monoisotopic (exact) mass is 275 g/mol. The van der Waals surface area contributed by atoms with Gasteiger partial charge in [0.2, 0.25) is 5.91 Å². The molecule has 1 N–H and O–H groups in total. The molecule has 0 saturated heterocycles. The Morgan fingerprint density at radius 1 is 1.35 bits per heavy atom. The Morgan fingerprint density at radius 2 is 2.10 bits per heavy atom. The van der Waals surface area contributed by atoms with E-state index in [1.165, 1.54) is 0 Å². The van der Waals surface area contributed by atoms with Crippen LogP contribution in [0.1, 0.15) is 39.0 Å². The standard InChI is InChI=1S/C16H21NO3/c1-10(2)8-15(18)17-11(3)14-9-12-6-5-7-13(19-4)16(12)20-14/h5-7,9-11H,8H2,1-4H3,(H,17,18)/t11-/m0/s1. The van der Waals surface area contributed by atoms with Gasteiger partial charge in [0.15, 0.2) is 11.3 Å². The zero-order valence-corrected chi connectivity index (χ0v) is 12.4. The topological polar surface area (TPSA) is 51.5 Å². The number of ether oxygens (including phenoxy) is 1. The number of benzene rings is 1. The number of carbonyl (C=O) groups excluding carboxylic acids is 1. The molecular weight excluding hydrogens is 254 g/mol. The smallest absolute Gasteiger partial charge is 0.220 e. The van der Waals surface area contributed by atoms with Gasteiger partial charge in [0.1, 0.15) is 5.76 Å². The Labute approximate surface area is 119 Å². The van der Waals surface area contributed by atoms with Gasteiger partial charge >= 0.3 is 0 Å². The van der Waals surface area contributed by atoms with Gasteiger partial charge in [0.05, 0.1) is 13.2 Å². The summed E-state index contributed by atoms with van der Waals surface area (Å²) in [7, 11) is 1.62. The van der Waals surface area contributed by atoms with E-state index in [9.17, 15) is 4.79 Å². The van der Waals surface area contributed by atoms with Gasteiger partial charge in [-0.3, -0.25) is 4.79 Å². The first kappa shape index (κ1) is 14.4. The molecule has 1 aromatic heterocycles. The van der Waals surface area contributed by atoms with Gasteiger partial charge in [-0.15, -0.1) is 0 Å². The van der Waals surface area contributed by atoms with E-state index in [0.29, 0.717) is 18.1 Å². The van der Waals surface area contributed by atoms with Crippen molar-refractivity contribution in [2.45, 2.75) is 33.2 Å². The normalized spacial score (nSPS) is 12.7. The molecule has 1 amide bonds. The number of methoxy groups -OCH3 is 1. The van der Waals surface area contributed by atoms with E-state index < -0.39 is 0 Å². The summed E-state index contributed by atoms with van der Waals surface area (Å²) >= 11 is 0. The van der Waals surface area contributed by atoms with Crippen LogP contribution in [-0.2, 0) is 4.79 Å². The summed E-state index contributed by atoms with van der Waals surface area (Å²) in [6, 6.07) is 7.53. The van der Waals surface area contributed by atoms with E-state index in [2.05, 4.69) is 5.32 Å². The Balaban J connectivity index is 2.18. The first-order valence-corrected chi connectivity index (χ1v) is 6.87. The zero-order chi connectivity index (χ0) is 14.7. The fourth-order valence-corrected chi connectivity index (χ4v) is 2.17. The van der Waals surface area contributed by atoms with E-state index in [1.54, 1.807) is 7.11 Å². The third kappa shape index (κ3) is 3.13. The fourth-order valence-electron chi connectivity index (χ4n) is 2.17. The number of hydrogen-bond acceptors (Lipinski definition) is 3. The summed E-state index contributed by atoms with van der Waals surface area (Å²) < 4.78 is 11.1. The van der Waals surface area contributed by atoms with Gasteiger partial charge in [-0.1, -0.05) is 26.0 Å². The highest BCUT2D eigenvalue weighted by Gasteiger charge is 2.16. The molecule has 1 aromatic carbocycles. The highest BCUT2D eigenvalue weighted by atomic mass is 16.5. The third-order valence-electron chi connectivity index (χ3n) is 3.14. The van der Waals surface area contributed by atoms with Crippen LogP contribution >= 0.6 is 0 Å². The molecule has 0 unspecified atom stereocenters. The van der Waals surface area contributed by atoms with Crippen molar-refractivity contribution in [2.75, 3.05) is 7.11 Å². The Bertz CT molecular complexity index is 601. The number of carbonyl (C=O) groups is 1. The van der Waals surface area contributed by atoms with Crippen molar-refractivity contribution in [1.82, 2.24) is 5.32 Å². The van der Waals surface area contributed by atoms with Crippen LogP contribution in [0.15, 0.2) is 28.7 Å². The Morgan fingerprint density at radius 3 is 2.75 bits per heavy atom. The highest BCUT2D eigenvalue weighted by molar-refractivity contribution is 5.84. The van der Waals surface area contributed by atoms with Gasteiger partial charge in [-0.05, 0) is 25.0 Å². The van der Waals surface area contributed by atoms with E-state index in [4.69, 9.17) is 9.15 Å². The molecule has 1 atom stereocenters. The predicted octanol–water partition coefficient (Wildman–Crippen LogP) is 3.66. The summed E-state index contributed by atoms with van der Waals surface area (Å²) in [5.74, 6) is 1.83. The molecule has 0 spiro atoms. The lowest BCUT2D eigenvalue weighted by Gasteiger charge is -2.12. The number of furan rings is 1. The quantitative estimate of drug-likeness (QED) is 0.906. The summed E-state index contributed by atoms with van der Waals surface area (Å²) in [5, 5.41) is 3.93. The largest absolute Gasteiger partial charge is 0.493 e. The molecule has 20 heavy (non-hydrogen) atoms. The first-order chi connectivity index (χ1) is 9.51. The minimum atomic E-state index is -0.154. The molecule has 1 heterocycles. The summed E-state index contributed by atoms with van der Waals surface area (Å²) in [6.07, 6.45) is 0.522. The molecule has 2 rings (SSSR count). The molecule has 108 valence electrons.